The number of halogens is 1. The number of carbonyl (C=O) groups is 1. The highest BCUT2D eigenvalue weighted by molar-refractivity contribution is 9.10. The number of hydrogen-bond acceptors (Lipinski definition) is 2. The lowest BCUT2D eigenvalue weighted by molar-refractivity contribution is -0.157. The SMILES string of the molecule is O=C(N1CCN(Cc2ccccc2)CC1)C12C[C@@H]3C[C@@H](CC(Br)(C3)C1)C2. The molecule has 1 amide bonds. The Bertz CT molecular complexity index is 669. The molecule has 5 fully saturated rings. The van der Waals surface area contributed by atoms with Gasteiger partial charge in [-0.2, -0.15) is 0 Å². The summed E-state index contributed by atoms with van der Waals surface area (Å²) in [7, 11) is 0. The van der Waals surface area contributed by atoms with Crippen molar-refractivity contribution in [2.24, 2.45) is 17.3 Å². The van der Waals surface area contributed by atoms with Crippen LogP contribution in [0.2, 0.25) is 0 Å². The maximum Gasteiger partial charge on any atom is 0.228 e. The van der Waals surface area contributed by atoms with Gasteiger partial charge in [0.15, 0.2) is 0 Å². The summed E-state index contributed by atoms with van der Waals surface area (Å²) in [6.07, 6.45) is 7.34. The highest BCUT2D eigenvalue weighted by Crippen LogP contribution is 2.64. The Morgan fingerprint density at radius 1 is 1.00 bits per heavy atom. The van der Waals surface area contributed by atoms with Crippen molar-refractivity contribution < 1.29 is 4.79 Å². The second kappa shape index (κ2) is 6.34. The average Bonchev–Trinajstić information content (AvgIpc) is 2.60. The number of nitrogens with zero attached hydrogens (tertiary/aromatic N) is 2. The molecule has 0 radical (unpaired) electrons. The Hall–Kier alpha value is -0.870. The van der Waals surface area contributed by atoms with E-state index in [9.17, 15) is 4.79 Å². The van der Waals surface area contributed by atoms with Gasteiger partial charge in [-0.25, -0.2) is 0 Å². The standard InChI is InChI=1S/C22H29BrN2O/c23-22-13-18-10-19(14-22)12-21(11-18,16-22)20(26)25-8-6-24(7-9-25)15-17-4-2-1-3-5-17/h1-5,18-19H,6-16H2/t18-,19+,21?,22?. The van der Waals surface area contributed by atoms with E-state index in [-0.39, 0.29) is 9.74 Å². The normalized spacial score (nSPS) is 39.3. The van der Waals surface area contributed by atoms with E-state index in [1.165, 1.54) is 24.8 Å². The highest BCUT2D eigenvalue weighted by atomic mass is 79.9. The molecule has 140 valence electrons. The first-order chi connectivity index (χ1) is 12.5. The molecule has 5 aliphatic rings. The fourth-order valence-corrected chi connectivity index (χ4v) is 8.14. The molecule has 1 aliphatic heterocycles. The third kappa shape index (κ3) is 3.03. The third-order valence-electron chi connectivity index (χ3n) is 7.35. The van der Waals surface area contributed by atoms with Crippen LogP contribution >= 0.6 is 15.9 Å². The number of rotatable bonds is 3. The lowest BCUT2D eigenvalue weighted by Gasteiger charge is -2.60. The highest BCUT2D eigenvalue weighted by Gasteiger charge is 2.60. The molecule has 26 heavy (non-hydrogen) atoms. The lowest BCUT2D eigenvalue weighted by atomic mass is 9.49. The molecule has 4 aliphatic carbocycles. The molecular formula is C22H29BrN2O. The maximum absolute atomic E-state index is 13.5. The van der Waals surface area contributed by atoms with Crippen LogP contribution in [0, 0.1) is 17.3 Å². The van der Waals surface area contributed by atoms with Crippen molar-refractivity contribution >= 4 is 21.8 Å². The molecule has 6 rings (SSSR count). The predicted molar refractivity (Wildman–Crippen MR) is 107 cm³/mol. The fourth-order valence-electron chi connectivity index (χ4n) is 6.69. The van der Waals surface area contributed by atoms with Gasteiger partial charge in [0.2, 0.25) is 5.91 Å². The molecule has 1 saturated heterocycles. The zero-order chi connectivity index (χ0) is 17.8. The van der Waals surface area contributed by atoms with Crippen LogP contribution in [-0.4, -0.2) is 46.2 Å². The summed E-state index contributed by atoms with van der Waals surface area (Å²) >= 11 is 4.05. The quantitative estimate of drug-likeness (QED) is 0.693. The van der Waals surface area contributed by atoms with E-state index in [0.29, 0.717) is 5.91 Å². The van der Waals surface area contributed by atoms with Gasteiger partial charge < -0.3 is 4.90 Å². The fraction of sp³-hybridized carbons (Fsp3) is 0.682. The van der Waals surface area contributed by atoms with Gasteiger partial charge in [0.05, 0.1) is 5.41 Å². The van der Waals surface area contributed by atoms with E-state index in [4.69, 9.17) is 0 Å². The molecule has 3 nitrogen and oxygen atoms in total. The monoisotopic (exact) mass is 416 g/mol. The Morgan fingerprint density at radius 3 is 2.27 bits per heavy atom. The van der Waals surface area contributed by atoms with Crippen molar-refractivity contribution in [1.82, 2.24) is 9.80 Å². The smallest absolute Gasteiger partial charge is 0.228 e. The summed E-state index contributed by atoms with van der Waals surface area (Å²) < 4.78 is 0.266. The summed E-state index contributed by atoms with van der Waals surface area (Å²) in [5, 5.41) is 0. The van der Waals surface area contributed by atoms with Crippen molar-refractivity contribution in [3.05, 3.63) is 35.9 Å². The summed E-state index contributed by atoms with van der Waals surface area (Å²) in [5.74, 6) is 2.03. The second-order valence-electron chi connectivity index (χ2n) is 9.45. The van der Waals surface area contributed by atoms with E-state index in [1.54, 1.807) is 0 Å². The van der Waals surface area contributed by atoms with E-state index in [1.807, 2.05) is 0 Å². The van der Waals surface area contributed by atoms with Crippen LogP contribution in [0.1, 0.15) is 44.1 Å². The van der Waals surface area contributed by atoms with Crippen LogP contribution in [0.15, 0.2) is 30.3 Å². The molecule has 0 spiro atoms. The molecule has 1 aromatic carbocycles. The Labute approximate surface area is 165 Å². The van der Waals surface area contributed by atoms with Gasteiger partial charge in [-0.05, 0) is 55.9 Å². The van der Waals surface area contributed by atoms with Crippen molar-refractivity contribution in [2.75, 3.05) is 26.2 Å². The first kappa shape index (κ1) is 17.2. The molecule has 4 heteroatoms. The molecule has 2 unspecified atom stereocenters. The van der Waals surface area contributed by atoms with Crippen molar-refractivity contribution in [2.45, 2.75) is 49.4 Å². The number of alkyl halides is 1. The summed E-state index contributed by atoms with van der Waals surface area (Å²) in [6.45, 7) is 4.81. The van der Waals surface area contributed by atoms with Crippen LogP contribution < -0.4 is 0 Å². The van der Waals surface area contributed by atoms with Gasteiger partial charge in [-0.3, -0.25) is 9.69 Å². The van der Waals surface area contributed by atoms with Gasteiger partial charge in [-0.1, -0.05) is 46.3 Å². The maximum atomic E-state index is 13.5. The average molecular weight is 417 g/mol. The van der Waals surface area contributed by atoms with Gasteiger partial charge in [0.1, 0.15) is 0 Å². The lowest BCUT2D eigenvalue weighted by Crippen LogP contribution is -2.61. The Kier molecular flexibility index (Phi) is 4.20. The van der Waals surface area contributed by atoms with Gasteiger partial charge >= 0.3 is 0 Å². The van der Waals surface area contributed by atoms with E-state index >= 15 is 0 Å². The Balaban J connectivity index is 1.24. The second-order valence-corrected chi connectivity index (χ2v) is 11.1. The van der Waals surface area contributed by atoms with Crippen LogP contribution in [0.4, 0.5) is 0 Å². The zero-order valence-electron chi connectivity index (χ0n) is 15.5. The third-order valence-corrected chi connectivity index (χ3v) is 8.28. The van der Waals surface area contributed by atoms with Gasteiger partial charge in [-0.15, -0.1) is 0 Å². The predicted octanol–water partition coefficient (Wildman–Crippen LogP) is 4.06. The van der Waals surface area contributed by atoms with Crippen molar-refractivity contribution in [1.29, 1.82) is 0 Å². The van der Waals surface area contributed by atoms with E-state index in [2.05, 4.69) is 56.1 Å². The van der Waals surface area contributed by atoms with Gasteiger partial charge in [0, 0.05) is 37.0 Å². The van der Waals surface area contributed by atoms with E-state index < -0.39 is 0 Å². The van der Waals surface area contributed by atoms with Crippen molar-refractivity contribution in [3.8, 4) is 0 Å². The van der Waals surface area contributed by atoms with Crippen LogP contribution in [0.3, 0.4) is 0 Å². The largest absolute Gasteiger partial charge is 0.340 e. The molecule has 0 N–H and O–H groups in total. The molecule has 4 atom stereocenters. The van der Waals surface area contributed by atoms with Crippen LogP contribution in [0.5, 0.6) is 0 Å². The van der Waals surface area contributed by atoms with Crippen LogP contribution in [-0.2, 0) is 11.3 Å². The van der Waals surface area contributed by atoms with Crippen molar-refractivity contribution in [3.63, 3.8) is 0 Å². The number of benzene rings is 1. The van der Waals surface area contributed by atoms with E-state index in [0.717, 1.165) is 63.8 Å². The first-order valence-corrected chi connectivity index (χ1v) is 11.1. The van der Waals surface area contributed by atoms with Gasteiger partial charge in [0.25, 0.3) is 0 Å². The minimum Gasteiger partial charge on any atom is -0.340 e. The summed E-state index contributed by atoms with van der Waals surface area (Å²) in [4.78, 5) is 18.2. The number of hydrogen-bond donors (Lipinski definition) is 0. The number of piperazine rings is 1. The number of carbonyl (C=O) groups excluding carboxylic acids is 1. The molecule has 1 aromatic rings. The molecular weight excluding hydrogens is 388 g/mol. The molecule has 0 aromatic heterocycles. The topological polar surface area (TPSA) is 23.6 Å². The molecule has 4 bridgehead atoms. The summed E-state index contributed by atoms with van der Waals surface area (Å²) in [5.41, 5.74) is 1.32. The summed E-state index contributed by atoms with van der Waals surface area (Å²) in [6, 6.07) is 10.7. The molecule has 4 saturated carbocycles. The number of amides is 1. The first-order valence-electron chi connectivity index (χ1n) is 10.3. The zero-order valence-corrected chi connectivity index (χ0v) is 17.1. The molecule has 1 heterocycles. The van der Waals surface area contributed by atoms with Crippen LogP contribution in [0.25, 0.3) is 0 Å². The Morgan fingerprint density at radius 2 is 1.65 bits per heavy atom. The minimum absolute atomic E-state index is 0.0464. The minimum atomic E-state index is -0.0464.